The van der Waals surface area contributed by atoms with Crippen molar-refractivity contribution < 1.29 is 19.1 Å². The first kappa shape index (κ1) is 14.4. The topological polar surface area (TPSA) is 77.6 Å². The van der Waals surface area contributed by atoms with E-state index in [0.29, 0.717) is 31.3 Å². The molecular formula is C13H22N2O4. The number of aliphatic hydroxyl groups is 1. The molecule has 1 N–H and O–H groups in total. The first-order valence-electron chi connectivity index (χ1n) is 6.55. The third-order valence-electron chi connectivity index (χ3n) is 3.35. The predicted octanol–water partition coefficient (Wildman–Crippen LogP) is 1.67. The lowest BCUT2D eigenvalue weighted by Gasteiger charge is -2.26. The first-order chi connectivity index (χ1) is 8.93. The Labute approximate surface area is 113 Å². The van der Waals surface area contributed by atoms with Crippen LogP contribution >= 0.6 is 0 Å². The molecule has 2 heterocycles. The van der Waals surface area contributed by atoms with Gasteiger partial charge in [-0.1, -0.05) is 25.9 Å². The summed E-state index contributed by atoms with van der Waals surface area (Å²) >= 11 is 0. The smallest absolute Gasteiger partial charge is 0.234 e. The summed E-state index contributed by atoms with van der Waals surface area (Å²) in [5.74, 6) is 0.698. The van der Waals surface area contributed by atoms with Crippen LogP contribution in [0, 0.1) is 5.41 Å². The maximum absolute atomic E-state index is 9.95. The van der Waals surface area contributed by atoms with Crippen LogP contribution in [0.2, 0.25) is 0 Å². The number of aromatic nitrogens is 2. The van der Waals surface area contributed by atoms with Crippen LogP contribution in [0.1, 0.15) is 50.9 Å². The summed E-state index contributed by atoms with van der Waals surface area (Å²) in [6.45, 7) is 7.14. The molecule has 6 heteroatoms. The van der Waals surface area contributed by atoms with Crippen LogP contribution < -0.4 is 0 Å². The van der Waals surface area contributed by atoms with Crippen molar-refractivity contribution in [2.75, 3.05) is 20.3 Å². The Balaban J connectivity index is 2.18. The summed E-state index contributed by atoms with van der Waals surface area (Å²) in [4.78, 5) is 4.38. The highest BCUT2D eigenvalue weighted by Crippen LogP contribution is 2.35. The van der Waals surface area contributed by atoms with Gasteiger partial charge in [-0.05, 0) is 11.8 Å². The minimum absolute atomic E-state index is 0.127. The molecule has 0 aliphatic carbocycles. The lowest BCUT2D eigenvalue weighted by Crippen LogP contribution is -2.30. The number of aliphatic hydroxyl groups excluding tert-OH is 1. The second-order valence-electron chi connectivity index (χ2n) is 6.01. The predicted molar refractivity (Wildman–Crippen MR) is 67.7 cm³/mol. The van der Waals surface area contributed by atoms with Gasteiger partial charge in [-0.25, -0.2) is 0 Å². The highest BCUT2D eigenvalue weighted by molar-refractivity contribution is 5.02. The molecule has 0 amide bonds. The fraction of sp³-hybridized carbons (Fsp3) is 0.846. The summed E-state index contributed by atoms with van der Waals surface area (Å²) in [6, 6.07) is 0. The second-order valence-corrected chi connectivity index (χ2v) is 6.01. The molecule has 3 atom stereocenters. The molecule has 0 saturated carbocycles. The largest absolute Gasteiger partial charge is 0.392 e. The molecule has 108 valence electrons. The molecule has 0 spiro atoms. The molecule has 3 unspecified atom stereocenters. The Morgan fingerprint density at radius 1 is 1.42 bits per heavy atom. The monoisotopic (exact) mass is 270 g/mol. The zero-order valence-electron chi connectivity index (χ0n) is 11.9. The van der Waals surface area contributed by atoms with Crippen molar-refractivity contribution in [2.45, 2.75) is 45.3 Å². The van der Waals surface area contributed by atoms with Gasteiger partial charge in [0.25, 0.3) is 0 Å². The zero-order chi connectivity index (χ0) is 14.0. The van der Waals surface area contributed by atoms with Crippen LogP contribution in [-0.2, 0) is 9.47 Å². The highest BCUT2D eigenvalue weighted by Gasteiger charge is 2.34. The van der Waals surface area contributed by atoms with Gasteiger partial charge in [0.1, 0.15) is 6.10 Å². The van der Waals surface area contributed by atoms with E-state index in [2.05, 4.69) is 30.9 Å². The molecule has 6 nitrogen and oxygen atoms in total. The molecule has 0 aromatic carbocycles. The second kappa shape index (κ2) is 5.56. The van der Waals surface area contributed by atoms with Crippen molar-refractivity contribution in [3.63, 3.8) is 0 Å². The Bertz CT molecular complexity index is 413. The molecule has 1 aromatic heterocycles. The van der Waals surface area contributed by atoms with Crippen LogP contribution in [0.25, 0.3) is 0 Å². The molecule has 1 aliphatic rings. The summed E-state index contributed by atoms with van der Waals surface area (Å²) in [5, 5.41) is 13.9. The van der Waals surface area contributed by atoms with Gasteiger partial charge in [0.15, 0.2) is 0 Å². The SMILES string of the molecule is COC(c1noc(C2COCCC2O)n1)C(C)(C)C. The van der Waals surface area contributed by atoms with E-state index in [1.54, 1.807) is 7.11 Å². The number of hydrogen-bond donors (Lipinski definition) is 1. The number of methoxy groups -OCH3 is 1. The quantitative estimate of drug-likeness (QED) is 0.900. The standard InChI is InChI=1S/C13H22N2O4/c1-13(2,3)10(17-4)11-14-12(19-15-11)8-7-18-6-5-9(8)16/h8-10,16H,5-7H2,1-4H3. The summed E-state index contributed by atoms with van der Waals surface area (Å²) in [6.07, 6.45) is -0.139. The van der Waals surface area contributed by atoms with Crippen LogP contribution in [0.3, 0.4) is 0 Å². The van der Waals surface area contributed by atoms with Crippen molar-refractivity contribution in [3.05, 3.63) is 11.7 Å². The van der Waals surface area contributed by atoms with Crippen molar-refractivity contribution >= 4 is 0 Å². The summed E-state index contributed by atoms with van der Waals surface area (Å²) < 4.78 is 16.1. The van der Waals surface area contributed by atoms with Gasteiger partial charge < -0.3 is 19.1 Å². The van der Waals surface area contributed by atoms with E-state index < -0.39 is 6.10 Å². The minimum atomic E-state index is -0.488. The maximum Gasteiger partial charge on any atom is 0.234 e. The number of rotatable bonds is 3. The highest BCUT2D eigenvalue weighted by atomic mass is 16.5. The van der Waals surface area contributed by atoms with Crippen molar-refractivity contribution in [2.24, 2.45) is 5.41 Å². The van der Waals surface area contributed by atoms with E-state index in [9.17, 15) is 5.11 Å². The van der Waals surface area contributed by atoms with E-state index in [1.165, 1.54) is 0 Å². The Kier molecular flexibility index (Phi) is 4.23. The average molecular weight is 270 g/mol. The third-order valence-corrected chi connectivity index (χ3v) is 3.35. The average Bonchev–Trinajstić information content (AvgIpc) is 2.78. The van der Waals surface area contributed by atoms with Gasteiger partial charge >= 0.3 is 0 Å². The van der Waals surface area contributed by atoms with Gasteiger partial charge in [0.2, 0.25) is 11.7 Å². The Morgan fingerprint density at radius 3 is 2.74 bits per heavy atom. The van der Waals surface area contributed by atoms with Gasteiger partial charge in [-0.15, -0.1) is 0 Å². The van der Waals surface area contributed by atoms with E-state index in [0.717, 1.165) is 0 Å². The van der Waals surface area contributed by atoms with Crippen LogP contribution in [0.4, 0.5) is 0 Å². The molecule has 19 heavy (non-hydrogen) atoms. The molecule has 1 fully saturated rings. The lowest BCUT2D eigenvalue weighted by atomic mass is 9.88. The number of ether oxygens (including phenoxy) is 2. The van der Waals surface area contributed by atoms with Crippen LogP contribution in [-0.4, -0.2) is 41.7 Å². The summed E-state index contributed by atoms with van der Waals surface area (Å²) in [7, 11) is 1.63. The van der Waals surface area contributed by atoms with Crippen LogP contribution in [0.15, 0.2) is 4.52 Å². The first-order valence-corrected chi connectivity index (χ1v) is 6.55. The van der Waals surface area contributed by atoms with Crippen molar-refractivity contribution in [3.8, 4) is 0 Å². The van der Waals surface area contributed by atoms with Crippen LogP contribution in [0.5, 0.6) is 0 Å². The van der Waals surface area contributed by atoms with Gasteiger partial charge in [0.05, 0.1) is 18.6 Å². The van der Waals surface area contributed by atoms with E-state index in [4.69, 9.17) is 14.0 Å². The Morgan fingerprint density at radius 2 is 2.16 bits per heavy atom. The van der Waals surface area contributed by atoms with E-state index in [1.807, 2.05) is 0 Å². The molecular weight excluding hydrogens is 248 g/mol. The normalized spacial score (nSPS) is 26.4. The van der Waals surface area contributed by atoms with Gasteiger partial charge in [0, 0.05) is 13.7 Å². The molecule has 1 aromatic rings. The van der Waals surface area contributed by atoms with Crippen molar-refractivity contribution in [1.29, 1.82) is 0 Å². The van der Waals surface area contributed by atoms with Gasteiger partial charge in [-0.3, -0.25) is 0 Å². The fourth-order valence-corrected chi connectivity index (χ4v) is 2.31. The Hall–Kier alpha value is -0.980. The molecule has 2 rings (SSSR count). The molecule has 0 radical (unpaired) electrons. The fourth-order valence-electron chi connectivity index (χ4n) is 2.31. The molecule has 0 bridgehead atoms. The number of hydrogen-bond acceptors (Lipinski definition) is 6. The number of nitrogens with zero attached hydrogens (tertiary/aromatic N) is 2. The lowest BCUT2D eigenvalue weighted by molar-refractivity contribution is -0.0149. The van der Waals surface area contributed by atoms with Gasteiger partial charge in [-0.2, -0.15) is 4.98 Å². The van der Waals surface area contributed by atoms with E-state index >= 15 is 0 Å². The maximum atomic E-state index is 9.95. The zero-order valence-corrected chi connectivity index (χ0v) is 11.9. The molecule has 1 saturated heterocycles. The minimum Gasteiger partial charge on any atom is -0.392 e. The van der Waals surface area contributed by atoms with E-state index in [-0.39, 0.29) is 17.4 Å². The molecule has 1 aliphatic heterocycles. The third kappa shape index (κ3) is 3.13. The summed E-state index contributed by atoms with van der Waals surface area (Å²) in [5.41, 5.74) is -0.127. The van der Waals surface area contributed by atoms with Crippen molar-refractivity contribution in [1.82, 2.24) is 10.1 Å².